The Hall–Kier alpha value is -3.15. The van der Waals surface area contributed by atoms with Crippen LogP contribution in [0.4, 0.5) is 11.4 Å². The highest BCUT2D eigenvalue weighted by atomic mass is 16.6. The Balaban J connectivity index is 1.81. The minimum Gasteiger partial charge on any atom is -0.465 e. The zero-order chi connectivity index (χ0) is 20.0. The van der Waals surface area contributed by atoms with Crippen molar-refractivity contribution in [3.63, 3.8) is 0 Å². The first-order valence-corrected chi connectivity index (χ1v) is 9.32. The summed E-state index contributed by atoms with van der Waals surface area (Å²) in [7, 11) is 1.36. The van der Waals surface area contributed by atoms with Crippen molar-refractivity contribution in [2.24, 2.45) is 5.92 Å². The number of hydrogen-bond acceptors (Lipinski definition) is 5. The first-order valence-electron chi connectivity index (χ1n) is 9.32. The standard InChI is InChI=1S/C22H22N2O4/c1-12-11-18(24(26)27)21-19(13(12)2)16-5-4-6-17(16)20(23-21)14-7-9-15(10-8-14)22(25)28-3/h4-5,7-11,16-17,20,23H,6H2,1-3H3/t16-,17+,20-/m0/s1. The van der Waals surface area contributed by atoms with Gasteiger partial charge in [0.15, 0.2) is 0 Å². The molecule has 0 aromatic heterocycles. The lowest BCUT2D eigenvalue weighted by Gasteiger charge is -2.38. The fourth-order valence-corrected chi connectivity index (χ4v) is 4.50. The van der Waals surface area contributed by atoms with Crippen molar-refractivity contribution in [2.75, 3.05) is 12.4 Å². The minimum absolute atomic E-state index is 0.0694. The van der Waals surface area contributed by atoms with E-state index in [9.17, 15) is 14.9 Å². The second kappa shape index (κ2) is 6.78. The highest BCUT2D eigenvalue weighted by Gasteiger charge is 2.41. The highest BCUT2D eigenvalue weighted by Crippen LogP contribution is 2.53. The monoisotopic (exact) mass is 378 g/mol. The molecule has 1 N–H and O–H groups in total. The molecule has 2 aliphatic rings. The lowest BCUT2D eigenvalue weighted by atomic mass is 9.74. The average molecular weight is 378 g/mol. The summed E-state index contributed by atoms with van der Waals surface area (Å²) in [5, 5.41) is 15.2. The van der Waals surface area contributed by atoms with Gasteiger partial charge in [0.25, 0.3) is 5.69 Å². The molecule has 0 radical (unpaired) electrons. The molecule has 144 valence electrons. The number of hydrogen-bond donors (Lipinski definition) is 1. The molecule has 0 unspecified atom stereocenters. The van der Waals surface area contributed by atoms with Gasteiger partial charge in [-0.15, -0.1) is 0 Å². The van der Waals surface area contributed by atoms with E-state index in [0.717, 1.165) is 28.7 Å². The van der Waals surface area contributed by atoms with Crippen molar-refractivity contribution in [3.05, 3.63) is 80.4 Å². The minimum atomic E-state index is -0.379. The number of anilines is 1. The van der Waals surface area contributed by atoms with Crippen LogP contribution in [0.3, 0.4) is 0 Å². The number of rotatable bonds is 3. The molecule has 2 aromatic carbocycles. The zero-order valence-electron chi connectivity index (χ0n) is 16.1. The van der Waals surface area contributed by atoms with Crippen LogP contribution >= 0.6 is 0 Å². The van der Waals surface area contributed by atoms with Gasteiger partial charge in [0.05, 0.1) is 23.6 Å². The molecular weight excluding hydrogens is 356 g/mol. The van der Waals surface area contributed by atoms with Crippen LogP contribution in [0.1, 0.15) is 51.0 Å². The van der Waals surface area contributed by atoms with Gasteiger partial charge in [0.1, 0.15) is 5.69 Å². The maximum absolute atomic E-state index is 11.7. The first kappa shape index (κ1) is 18.2. The van der Waals surface area contributed by atoms with Gasteiger partial charge in [-0.05, 0) is 60.6 Å². The highest BCUT2D eigenvalue weighted by molar-refractivity contribution is 5.89. The predicted molar refractivity (Wildman–Crippen MR) is 107 cm³/mol. The van der Waals surface area contributed by atoms with Gasteiger partial charge in [0, 0.05) is 12.0 Å². The lowest BCUT2D eigenvalue weighted by Crippen LogP contribution is -2.30. The maximum atomic E-state index is 11.7. The third-order valence-corrected chi connectivity index (χ3v) is 6.04. The summed E-state index contributed by atoms with van der Waals surface area (Å²) in [6.07, 6.45) is 5.24. The van der Waals surface area contributed by atoms with Crippen LogP contribution in [0.2, 0.25) is 0 Å². The molecule has 6 heteroatoms. The molecule has 0 spiro atoms. The van der Waals surface area contributed by atoms with Gasteiger partial charge >= 0.3 is 5.97 Å². The molecular formula is C22H22N2O4. The molecule has 0 saturated carbocycles. The van der Waals surface area contributed by atoms with Gasteiger partial charge in [-0.2, -0.15) is 0 Å². The van der Waals surface area contributed by atoms with Crippen LogP contribution in [-0.4, -0.2) is 18.0 Å². The third-order valence-electron chi connectivity index (χ3n) is 6.04. The normalized spacial score (nSPS) is 22.2. The summed E-state index contributed by atoms with van der Waals surface area (Å²) in [5.41, 5.74) is 5.30. The Kier molecular flexibility index (Phi) is 4.41. The van der Waals surface area contributed by atoms with Crippen molar-refractivity contribution in [2.45, 2.75) is 32.2 Å². The van der Waals surface area contributed by atoms with Crippen molar-refractivity contribution >= 4 is 17.3 Å². The maximum Gasteiger partial charge on any atom is 0.337 e. The molecule has 6 nitrogen and oxygen atoms in total. The molecule has 1 aliphatic carbocycles. The van der Waals surface area contributed by atoms with E-state index in [1.165, 1.54) is 7.11 Å². The van der Waals surface area contributed by atoms with E-state index in [-0.39, 0.29) is 34.5 Å². The second-order valence-electron chi connectivity index (χ2n) is 7.47. The Labute approximate surface area is 163 Å². The largest absolute Gasteiger partial charge is 0.465 e. The number of nitrogens with zero attached hydrogens (tertiary/aromatic N) is 1. The van der Waals surface area contributed by atoms with E-state index in [1.54, 1.807) is 18.2 Å². The van der Waals surface area contributed by atoms with Crippen LogP contribution in [0.5, 0.6) is 0 Å². The molecule has 2 aromatic rings. The van der Waals surface area contributed by atoms with Crippen LogP contribution in [0.15, 0.2) is 42.5 Å². The summed E-state index contributed by atoms with van der Waals surface area (Å²) in [5.74, 6) is 0.0346. The number of nitro groups is 1. The molecule has 0 saturated heterocycles. The molecule has 1 aliphatic heterocycles. The quantitative estimate of drug-likeness (QED) is 0.358. The number of fused-ring (bicyclic) bond motifs is 3. The summed E-state index contributed by atoms with van der Waals surface area (Å²) in [6.45, 7) is 3.96. The average Bonchev–Trinajstić information content (AvgIpc) is 3.18. The second-order valence-corrected chi connectivity index (χ2v) is 7.47. The Morgan fingerprint density at radius 1 is 1.25 bits per heavy atom. The van der Waals surface area contributed by atoms with E-state index in [0.29, 0.717) is 11.3 Å². The van der Waals surface area contributed by atoms with Gasteiger partial charge in [-0.25, -0.2) is 4.79 Å². The number of carbonyl (C=O) groups excluding carboxylic acids is 1. The van der Waals surface area contributed by atoms with Crippen molar-refractivity contribution in [1.82, 2.24) is 0 Å². The topological polar surface area (TPSA) is 81.5 Å². The number of nitro benzene ring substituents is 1. The fraction of sp³-hybridized carbons (Fsp3) is 0.318. The van der Waals surface area contributed by atoms with Crippen molar-refractivity contribution < 1.29 is 14.5 Å². The van der Waals surface area contributed by atoms with Crippen molar-refractivity contribution in [3.8, 4) is 0 Å². The first-order chi connectivity index (χ1) is 13.4. The number of ether oxygens (including phenoxy) is 1. The van der Waals surface area contributed by atoms with E-state index >= 15 is 0 Å². The van der Waals surface area contributed by atoms with Crippen molar-refractivity contribution in [1.29, 1.82) is 0 Å². The van der Waals surface area contributed by atoms with Gasteiger partial charge < -0.3 is 10.1 Å². The molecule has 4 rings (SSSR count). The van der Waals surface area contributed by atoms with Crippen LogP contribution in [0, 0.1) is 29.9 Å². The Morgan fingerprint density at radius 2 is 1.96 bits per heavy atom. The zero-order valence-corrected chi connectivity index (χ0v) is 16.1. The molecule has 0 fully saturated rings. The number of nitrogens with one attached hydrogen (secondary N) is 1. The van der Waals surface area contributed by atoms with Crippen LogP contribution < -0.4 is 5.32 Å². The van der Waals surface area contributed by atoms with Gasteiger partial charge in [-0.3, -0.25) is 10.1 Å². The summed E-state index contributed by atoms with van der Waals surface area (Å²) >= 11 is 0. The number of methoxy groups -OCH3 is 1. The summed E-state index contributed by atoms with van der Waals surface area (Å²) in [4.78, 5) is 23.1. The Morgan fingerprint density at radius 3 is 2.61 bits per heavy atom. The van der Waals surface area contributed by atoms with Gasteiger partial charge in [0.2, 0.25) is 0 Å². The fourth-order valence-electron chi connectivity index (χ4n) is 4.50. The summed E-state index contributed by atoms with van der Waals surface area (Å²) < 4.78 is 4.76. The van der Waals surface area contributed by atoms with E-state index in [2.05, 4.69) is 17.5 Å². The lowest BCUT2D eigenvalue weighted by molar-refractivity contribution is -0.384. The van der Waals surface area contributed by atoms with Crippen LogP contribution in [-0.2, 0) is 4.74 Å². The van der Waals surface area contributed by atoms with Gasteiger partial charge in [-0.1, -0.05) is 24.3 Å². The Bertz CT molecular complexity index is 995. The smallest absolute Gasteiger partial charge is 0.337 e. The summed E-state index contributed by atoms with van der Waals surface area (Å²) in [6, 6.07) is 8.86. The molecule has 3 atom stereocenters. The van der Waals surface area contributed by atoms with E-state index in [1.807, 2.05) is 26.0 Å². The molecule has 1 heterocycles. The predicted octanol–water partition coefficient (Wildman–Crippen LogP) is 4.82. The number of esters is 1. The molecule has 0 amide bonds. The molecule has 28 heavy (non-hydrogen) atoms. The SMILES string of the molecule is COC(=O)c1ccc([C@@H]2Nc3c([N+](=O)[O-])cc(C)c(C)c3[C@H]3C=CC[C@H]32)cc1. The van der Waals surface area contributed by atoms with Crippen LogP contribution in [0.25, 0.3) is 0 Å². The number of benzene rings is 2. The number of aryl methyl sites for hydroxylation is 1. The van der Waals surface area contributed by atoms with E-state index < -0.39 is 0 Å². The van der Waals surface area contributed by atoms with E-state index in [4.69, 9.17) is 4.74 Å². The third kappa shape index (κ3) is 2.76. The number of allylic oxidation sites excluding steroid dienone is 2. The molecule has 0 bridgehead atoms. The number of carbonyl (C=O) groups is 1.